The SMILES string of the molecule is CCN1CCN2CC(F)(F)CC2C1. The zero-order chi connectivity index (χ0) is 9.47. The van der Waals surface area contributed by atoms with Crippen LogP contribution in [0.4, 0.5) is 8.78 Å². The molecule has 0 amide bonds. The molecule has 4 heteroatoms. The summed E-state index contributed by atoms with van der Waals surface area (Å²) in [6, 6.07) is 0.101. The first-order valence-corrected chi connectivity index (χ1v) is 4.95. The Morgan fingerprint density at radius 3 is 2.85 bits per heavy atom. The van der Waals surface area contributed by atoms with Gasteiger partial charge in [-0.15, -0.1) is 0 Å². The number of hydrogen-bond acceptors (Lipinski definition) is 2. The van der Waals surface area contributed by atoms with Crippen LogP contribution in [0.5, 0.6) is 0 Å². The van der Waals surface area contributed by atoms with Crippen LogP contribution in [-0.4, -0.2) is 54.5 Å². The molecule has 2 rings (SSSR count). The summed E-state index contributed by atoms with van der Waals surface area (Å²) in [7, 11) is 0. The third kappa shape index (κ3) is 1.83. The van der Waals surface area contributed by atoms with Crippen LogP contribution >= 0.6 is 0 Å². The van der Waals surface area contributed by atoms with E-state index in [1.165, 1.54) is 0 Å². The number of alkyl halides is 2. The molecule has 0 radical (unpaired) electrons. The van der Waals surface area contributed by atoms with Crippen molar-refractivity contribution < 1.29 is 8.78 Å². The van der Waals surface area contributed by atoms with E-state index in [0.29, 0.717) is 0 Å². The van der Waals surface area contributed by atoms with Gasteiger partial charge in [0.25, 0.3) is 5.92 Å². The lowest BCUT2D eigenvalue weighted by Crippen LogP contribution is -2.49. The fraction of sp³-hybridized carbons (Fsp3) is 1.00. The van der Waals surface area contributed by atoms with Gasteiger partial charge < -0.3 is 4.90 Å². The van der Waals surface area contributed by atoms with Gasteiger partial charge in [0.2, 0.25) is 0 Å². The molecule has 0 aromatic heterocycles. The van der Waals surface area contributed by atoms with Crippen LogP contribution in [0.15, 0.2) is 0 Å². The van der Waals surface area contributed by atoms with Crippen LogP contribution in [0.3, 0.4) is 0 Å². The molecule has 2 aliphatic heterocycles. The number of rotatable bonds is 1. The lowest BCUT2D eigenvalue weighted by atomic mass is 10.1. The number of hydrogen-bond donors (Lipinski definition) is 0. The summed E-state index contributed by atoms with van der Waals surface area (Å²) in [6.07, 6.45) is 0.0590. The summed E-state index contributed by atoms with van der Waals surface area (Å²) in [6.45, 7) is 5.64. The molecule has 2 nitrogen and oxygen atoms in total. The van der Waals surface area contributed by atoms with Crippen molar-refractivity contribution in [2.75, 3.05) is 32.7 Å². The second-order valence-electron chi connectivity index (χ2n) is 4.08. The van der Waals surface area contributed by atoms with E-state index in [0.717, 1.165) is 26.2 Å². The van der Waals surface area contributed by atoms with Gasteiger partial charge in [0, 0.05) is 32.1 Å². The van der Waals surface area contributed by atoms with Crippen LogP contribution in [0, 0.1) is 0 Å². The van der Waals surface area contributed by atoms with E-state index in [1.807, 2.05) is 4.90 Å². The molecular weight excluding hydrogens is 174 g/mol. The molecule has 2 fully saturated rings. The van der Waals surface area contributed by atoms with Crippen molar-refractivity contribution in [3.63, 3.8) is 0 Å². The smallest absolute Gasteiger partial charge is 0.262 e. The lowest BCUT2D eigenvalue weighted by molar-refractivity contribution is 0.0120. The summed E-state index contributed by atoms with van der Waals surface area (Å²) in [5.41, 5.74) is 0. The predicted octanol–water partition coefficient (Wildman–Crippen LogP) is 1.03. The van der Waals surface area contributed by atoms with Crippen molar-refractivity contribution in [2.24, 2.45) is 0 Å². The Hall–Kier alpha value is -0.220. The van der Waals surface area contributed by atoms with E-state index in [9.17, 15) is 8.78 Å². The molecule has 13 heavy (non-hydrogen) atoms. The fourth-order valence-corrected chi connectivity index (χ4v) is 2.35. The Morgan fingerprint density at radius 2 is 2.15 bits per heavy atom. The van der Waals surface area contributed by atoms with Gasteiger partial charge in [-0.05, 0) is 6.54 Å². The lowest BCUT2D eigenvalue weighted by Gasteiger charge is -2.36. The van der Waals surface area contributed by atoms with Crippen LogP contribution < -0.4 is 0 Å². The molecule has 2 heterocycles. The minimum Gasteiger partial charge on any atom is -0.301 e. The minimum atomic E-state index is -2.44. The van der Waals surface area contributed by atoms with E-state index >= 15 is 0 Å². The Kier molecular flexibility index (Phi) is 2.28. The van der Waals surface area contributed by atoms with Gasteiger partial charge in [-0.25, -0.2) is 8.78 Å². The average molecular weight is 190 g/mol. The highest BCUT2D eigenvalue weighted by molar-refractivity contribution is 4.94. The summed E-state index contributed by atoms with van der Waals surface area (Å²) in [4.78, 5) is 4.19. The quantitative estimate of drug-likeness (QED) is 0.609. The number of fused-ring (bicyclic) bond motifs is 1. The molecule has 76 valence electrons. The third-order valence-corrected chi connectivity index (χ3v) is 3.10. The molecule has 1 unspecified atom stereocenters. The van der Waals surface area contributed by atoms with E-state index < -0.39 is 5.92 Å². The molecule has 0 aromatic rings. The highest BCUT2D eigenvalue weighted by atomic mass is 19.3. The first-order valence-electron chi connectivity index (χ1n) is 4.95. The second-order valence-corrected chi connectivity index (χ2v) is 4.08. The highest BCUT2D eigenvalue weighted by Crippen LogP contribution is 2.33. The standard InChI is InChI=1S/C9H16F2N2/c1-2-12-3-4-13-7-9(10,11)5-8(13)6-12/h8H,2-7H2,1H3. The third-order valence-electron chi connectivity index (χ3n) is 3.10. The largest absolute Gasteiger partial charge is 0.301 e. The molecule has 2 aliphatic rings. The molecule has 2 saturated heterocycles. The Labute approximate surface area is 77.5 Å². The molecule has 1 atom stereocenters. The first-order chi connectivity index (χ1) is 6.11. The normalized spacial score (nSPS) is 34.8. The molecule has 0 aromatic carbocycles. The van der Waals surface area contributed by atoms with Crippen LogP contribution in [0.25, 0.3) is 0 Å². The van der Waals surface area contributed by atoms with Crippen LogP contribution in [0.2, 0.25) is 0 Å². The van der Waals surface area contributed by atoms with Gasteiger partial charge in [0.05, 0.1) is 6.54 Å². The summed E-state index contributed by atoms with van der Waals surface area (Å²) in [5, 5.41) is 0. The number of halogens is 2. The molecule has 0 aliphatic carbocycles. The van der Waals surface area contributed by atoms with Gasteiger partial charge in [-0.1, -0.05) is 6.92 Å². The van der Waals surface area contributed by atoms with Gasteiger partial charge in [0.1, 0.15) is 0 Å². The molecule has 0 spiro atoms. The number of likely N-dealkylation sites (N-methyl/N-ethyl adjacent to an activating group) is 1. The summed E-state index contributed by atoms with van der Waals surface area (Å²) in [5.74, 6) is -2.44. The number of nitrogens with zero attached hydrogens (tertiary/aromatic N) is 2. The minimum absolute atomic E-state index is 0.0186. The maximum absolute atomic E-state index is 13.0. The monoisotopic (exact) mass is 190 g/mol. The van der Waals surface area contributed by atoms with Crippen molar-refractivity contribution in [1.82, 2.24) is 9.80 Å². The highest BCUT2D eigenvalue weighted by Gasteiger charge is 2.46. The summed E-state index contributed by atoms with van der Waals surface area (Å²) >= 11 is 0. The Morgan fingerprint density at radius 1 is 1.38 bits per heavy atom. The van der Waals surface area contributed by atoms with Crippen molar-refractivity contribution in [3.8, 4) is 0 Å². The average Bonchev–Trinajstić information content (AvgIpc) is 2.36. The zero-order valence-electron chi connectivity index (χ0n) is 7.97. The molecular formula is C9H16F2N2. The molecule has 0 bridgehead atoms. The zero-order valence-corrected chi connectivity index (χ0v) is 7.97. The van der Waals surface area contributed by atoms with Crippen LogP contribution in [-0.2, 0) is 0 Å². The van der Waals surface area contributed by atoms with Crippen molar-refractivity contribution in [2.45, 2.75) is 25.3 Å². The van der Waals surface area contributed by atoms with Gasteiger partial charge >= 0.3 is 0 Å². The van der Waals surface area contributed by atoms with E-state index in [1.54, 1.807) is 0 Å². The van der Waals surface area contributed by atoms with E-state index in [-0.39, 0.29) is 19.0 Å². The Balaban J connectivity index is 1.98. The maximum atomic E-state index is 13.0. The maximum Gasteiger partial charge on any atom is 0.262 e. The van der Waals surface area contributed by atoms with Gasteiger partial charge in [-0.3, -0.25) is 4.90 Å². The van der Waals surface area contributed by atoms with Crippen LogP contribution in [0.1, 0.15) is 13.3 Å². The predicted molar refractivity (Wildman–Crippen MR) is 47.0 cm³/mol. The van der Waals surface area contributed by atoms with Crippen molar-refractivity contribution >= 4 is 0 Å². The Bertz CT molecular complexity index is 196. The summed E-state index contributed by atoms with van der Waals surface area (Å²) < 4.78 is 26.0. The molecule has 0 saturated carbocycles. The number of piperazine rings is 1. The topological polar surface area (TPSA) is 6.48 Å². The van der Waals surface area contributed by atoms with Gasteiger partial charge in [-0.2, -0.15) is 0 Å². The molecule has 0 N–H and O–H groups in total. The van der Waals surface area contributed by atoms with E-state index in [4.69, 9.17) is 0 Å². The first kappa shape index (κ1) is 9.34. The van der Waals surface area contributed by atoms with Crippen molar-refractivity contribution in [3.05, 3.63) is 0 Å². The van der Waals surface area contributed by atoms with Gasteiger partial charge in [0.15, 0.2) is 0 Å². The van der Waals surface area contributed by atoms with Crippen molar-refractivity contribution in [1.29, 1.82) is 0 Å². The second kappa shape index (κ2) is 3.17. The van der Waals surface area contributed by atoms with E-state index in [2.05, 4.69) is 11.8 Å². The fourth-order valence-electron chi connectivity index (χ4n) is 2.35.